The third kappa shape index (κ3) is 4.72. The number of carbonyl (C=O) groups excluding carboxylic acids is 3. The number of ether oxygens (including phenoxy) is 2. The van der Waals surface area contributed by atoms with Gasteiger partial charge in [-0.25, -0.2) is 13.6 Å². The van der Waals surface area contributed by atoms with Gasteiger partial charge in [-0.2, -0.15) is 8.78 Å². The molecule has 2 aliphatic heterocycles. The van der Waals surface area contributed by atoms with Gasteiger partial charge in [0.25, 0.3) is 11.8 Å². The number of amides is 3. The summed E-state index contributed by atoms with van der Waals surface area (Å²) in [5.41, 5.74) is -1.11. The molecule has 2 aromatic rings. The van der Waals surface area contributed by atoms with Crippen molar-refractivity contribution in [2.45, 2.75) is 24.9 Å². The molecule has 1 N–H and O–H groups in total. The van der Waals surface area contributed by atoms with E-state index < -0.39 is 53.1 Å². The van der Waals surface area contributed by atoms with Crippen molar-refractivity contribution in [2.24, 2.45) is 0 Å². The van der Waals surface area contributed by atoms with Crippen LogP contribution in [0.15, 0.2) is 36.4 Å². The molecule has 0 saturated carbocycles. The maximum atomic E-state index is 15.4. The predicted molar refractivity (Wildman–Crippen MR) is 119 cm³/mol. The first-order valence-corrected chi connectivity index (χ1v) is 11.0. The van der Waals surface area contributed by atoms with E-state index in [-0.39, 0.29) is 43.1 Å². The minimum Gasteiger partial charge on any atom is -0.453 e. The lowest BCUT2D eigenvalue weighted by Gasteiger charge is -2.49. The number of hydrogen-bond acceptors (Lipinski definition) is 5. The molecule has 192 valence electrons. The van der Waals surface area contributed by atoms with Gasteiger partial charge in [-0.05, 0) is 48.9 Å². The van der Waals surface area contributed by atoms with E-state index in [1.807, 2.05) is 0 Å². The van der Waals surface area contributed by atoms with E-state index in [1.165, 1.54) is 31.1 Å². The minimum absolute atomic E-state index is 0.0895. The number of nitrogens with one attached hydrogen (secondary N) is 1. The first-order valence-electron chi connectivity index (χ1n) is 11.0. The molecule has 2 aromatic carbocycles. The molecule has 2 bridgehead atoms. The molecule has 3 amide bonds. The molecule has 12 heteroatoms. The Morgan fingerprint density at radius 1 is 1.03 bits per heavy atom. The Labute approximate surface area is 203 Å². The molecule has 2 aliphatic rings. The molecular formula is C24H23F4N3O5. The molecule has 0 aromatic heterocycles. The Kier molecular flexibility index (Phi) is 6.90. The average molecular weight is 509 g/mol. The van der Waals surface area contributed by atoms with Crippen LogP contribution in [0.4, 0.5) is 28.0 Å². The number of methoxy groups -OCH3 is 1. The number of piperazine rings is 1. The summed E-state index contributed by atoms with van der Waals surface area (Å²) in [5.74, 6) is -8.66. The van der Waals surface area contributed by atoms with E-state index >= 15 is 8.78 Å². The summed E-state index contributed by atoms with van der Waals surface area (Å²) in [7, 11) is 1.18. The van der Waals surface area contributed by atoms with Gasteiger partial charge in [-0.1, -0.05) is 0 Å². The van der Waals surface area contributed by atoms with E-state index in [2.05, 4.69) is 10.1 Å². The lowest BCUT2D eigenvalue weighted by molar-refractivity contribution is -0.180. The normalized spacial score (nSPS) is 19.6. The molecule has 2 fully saturated rings. The van der Waals surface area contributed by atoms with Crippen LogP contribution in [-0.4, -0.2) is 73.2 Å². The highest BCUT2D eigenvalue weighted by atomic mass is 19.3. The van der Waals surface area contributed by atoms with E-state index in [0.717, 1.165) is 17.0 Å². The largest absolute Gasteiger partial charge is 0.453 e. The fourth-order valence-electron chi connectivity index (χ4n) is 4.38. The number of benzene rings is 2. The average Bonchev–Trinajstić information content (AvgIpc) is 2.84. The zero-order valence-corrected chi connectivity index (χ0v) is 19.4. The zero-order chi connectivity index (χ0) is 26.2. The van der Waals surface area contributed by atoms with Crippen molar-refractivity contribution >= 4 is 23.6 Å². The van der Waals surface area contributed by atoms with Crippen molar-refractivity contribution < 1.29 is 41.4 Å². The smallest absolute Gasteiger partial charge is 0.409 e. The number of halogens is 4. The van der Waals surface area contributed by atoms with Crippen LogP contribution >= 0.6 is 0 Å². The first kappa shape index (κ1) is 25.4. The van der Waals surface area contributed by atoms with Gasteiger partial charge in [0, 0.05) is 24.3 Å². The van der Waals surface area contributed by atoms with Crippen LogP contribution < -0.4 is 5.32 Å². The number of rotatable bonds is 4. The summed E-state index contributed by atoms with van der Waals surface area (Å²) >= 11 is 0. The highest BCUT2D eigenvalue weighted by Crippen LogP contribution is 2.36. The summed E-state index contributed by atoms with van der Waals surface area (Å²) in [4.78, 5) is 39.8. The fourth-order valence-corrected chi connectivity index (χ4v) is 4.38. The van der Waals surface area contributed by atoms with Crippen molar-refractivity contribution in [3.8, 4) is 0 Å². The first-order chi connectivity index (χ1) is 17.0. The van der Waals surface area contributed by atoms with Crippen LogP contribution in [-0.2, 0) is 20.2 Å². The van der Waals surface area contributed by atoms with Crippen LogP contribution in [0, 0.1) is 18.6 Å². The Bertz CT molecular complexity index is 1190. The van der Waals surface area contributed by atoms with Gasteiger partial charge in [0.15, 0.2) is 0 Å². The standard InChI is InChI=1S/C24H23F4N3O5/c1-13-7-15(4-6-19(13)25)29-21(32)14-3-5-20(26)18(8-14)24(27,28)22(33)31-16-9-30(23(34)35-2)10-17(31)12-36-11-16/h3-8,16-17H,9-12H2,1-2H3,(H,29,32). The van der Waals surface area contributed by atoms with E-state index in [0.29, 0.717) is 12.1 Å². The fraction of sp³-hybridized carbons (Fsp3) is 0.375. The van der Waals surface area contributed by atoms with Gasteiger partial charge in [-0.3, -0.25) is 9.59 Å². The maximum Gasteiger partial charge on any atom is 0.409 e. The lowest BCUT2D eigenvalue weighted by atomic mass is 9.98. The van der Waals surface area contributed by atoms with E-state index in [1.54, 1.807) is 0 Å². The minimum atomic E-state index is -4.31. The van der Waals surface area contributed by atoms with Crippen LogP contribution in [0.5, 0.6) is 0 Å². The summed E-state index contributed by atoms with van der Waals surface area (Å²) in [6.45, 7) is 1.13. The van der Waals surface area contributed by atoms with E-state index in [4.69, 9.17) is 4.74 Å². The number of carbonyl (C=O) groups is 3. The molecule has 4 rings (SSSR count). The number of morpholine rings is 1. The molecule has 0 aliphatic carbocycles. The van der Waals surface area contributed by atoms with Gasteiger partial charge in [0.1, 0.15) is 11.6 Å². The highest BCUT2D eigenvalue weighted by molar-refractivity contribution is 6.04. The second-order valence-corrected chi connectivity index (χ2v) is 8.62. The molecular weight excluding hydrogens is 486 g/mol. The van der Waals surface area contributed by atoms with Gasteiger partial charge >= 0.3 is 12.0 Å². The third-order valence-corrected chi connectivity index (χ3v) is 6.19. The number of alkyl halides is 2. The van der Waals surface area contributed by atoms with Crippen LogP contribution in [0.1, 0.15) is 21.5 Å². The molecule has 2 unspecified atom stereocenters. The van der Waals surface area contributed by atoms with Gasteiger partial charge < -0.3 is 24.6 Å². The molecule has 8 nitrogen and oxygen atoms in total. The molecule has 2 saturated heterocycles. The summed E-state index contributed by atoms with van der Waals surface area (Å²) < 4.78 is 69.0. The molecule has 0 radical (unpaired) electrons. The molecule has 36 heavy (non-hydrogen) atoms. The quantitative estimate of drug-likeness (QED) is 0.640. The van der Waals surface area contributed by atoms with Crippen molar-refractivity contribution in [3.05, 3.63) is 64.7 Å². The second kappa shape index (κ2) is 9.76. The van der Waals surface area contributed by atoms with Gasteiger partial charge in [0.2, 0.25) is 0 Å². The number of hydrogen-bond donors (Lipinski definition) is 1. The van der Waals surface area contributed by atoms with Crippen LogP contribution in [0.3, 0.4) is 0 Å². The van der Waals surface area contributed by atoms with Crippen molar-refractivity contribution in [1.82, 2.24) is 9.80 Å². The Morgan fingerprint density at radius 2 is 1.67 bits per heavy atom. The number of anilines is 1. The molecule has 2 heterocycles. The predicted octanol–water partition coefficient (Wildman–Crippen LogP) is 3.30. The zero-order valence-electron chi connectivity index (χ0n) is 19.4. The lowest BCUT2D eigenvalue weighted by Crippen LogP contribution is -2.68. The summed E-state index contributed by atoms with van der Waals surface area (Å²) in [6.07, 6.45) is -0.660. The number of nitrogens with zero attached hydrogens (tertiary/aromatic N) is 2. The second-order valence-electron chi connectivity index (χ2n) is 8.62. The maximum absolute atomic E-state index is 15.4. The third-order valence-electron chi connectivity index (χ3n) is 6.19. The van der Waals surface area contributed by atoms with Crippen LogP contribution in [0.25, 0.3) is 0 Å². The Balaban J connectivity index is 1.58. The van der Waals surface area contributed by atoms with Crippen molar-refractivity contribution in [1.29, 1.82) is 0 Å². The topological polar surface area (TPSA) is 88.2 Å². The van der Waals surface area contributed by atoms with Gasteiger partial charge in [0.05, 0.1) is 38.0 Å². The highest BCUT2D eigenvalue weighted by Gasteiger charge is 2.53. The SMILES string of the molecule is COC(=O)N1CC2COCC(C1)N2C(=O)C(F)(F)c1cc(C(=O)Nc2ccc(F)c(C)c2)ccc1F. The van der Waals surface area contributed by atoms with Crippen LogP contribution in [0.2, 0.25) is 0 Å². The summed E-state index contributed by atoms with van der Waals surface area (Å²) in [6, 6.07) is 4.31. The molecule has 0 spiro atoms. The van der Waals surface area contributed by atoms with E-state index in [9.17, 15) is 23.2 Å². The molecule has 2 atom stereocenters. The monoisotopic (exact) mass is 509 g/mol. The summed E-state index contributed by atoms with van der Waals surface area (Å²) in [5, 5.41) is 2.44. The number of fused-ring (bicyclic) bond motifs is 2. The Hall–Kier alpha value is -3.67. The number of aryl methyl sites for hydroxylation is 1. The van der Waals surface area contributed by atoms with Gasteiger partial charge in [-0.15, -0.1) is 0 Å². The Morgan fingerprint density at radius 3 is 2.28 bits per heavy atom. The van der Waals surface area contributed by atoms with Crippen molar-refractivity contribution in [3.63, 3.8) is 0 Å². The van der Waals surface area contributed by atoms with Crippen molar-refractivity contribution in [2.75, 3.05) is 38.7 Å².